The van der Waals surface area contributed by atoms with Gasteiger partial charge < -0.3 is 15.4 Å². The van der Waals surface area contributed by atoms with E-state index in [1.54, 1.807) is 25.2 Å². The zero-order valence-corrected chi connectivity index (χ0v) is 14.5. The predicted octanol–water partition coefficient (Wildman–Crippen LogP) is 4.25. The number of rotatable bonds is 5. The molecule has 0 fully saturated rings. The summed E-state index contributed by atoms with van der Waals surface area (Å²) in [5, 5.41) is 8.40. The highest BCUT2D eigenvalue weighted by Crippen LogP contribution is 2.32. The van der Waals surface area contributed by atoms with Gasteiger partial charge in [-0.25, -0.2) is 9.37 Å². The molecule has 0 atom stereocenters. The quantitative estimate of drug-likeness (QED) is 0.716. The summed E-state index contributed by atoms with van der Waals surface area (Å²) >= 11 is 1.48. The van der Waals surface area contributed by atoms with Crippen LogP contribution < -0.4 is 15.4 Å². The lowest BCUT2D eigenvalue weighted by Gasteiger charge is -2.12. The molecule has 1 amide bonds. The Kier molecular flexibility index (Phi) is 4.95. The van der Waals surface area contributed by atoms with Crippen LogP contribution in [0.1, 0.15) is 10.4 Å². The van der Waals surface area contributed by atoms with Crippen LogP contribution in [0.5, 0.6) is 5.75 Å². The number of halogens is 1. The fourth-order valence-electron chi connectivity index (χ4n) is 2.32. The van der Waals surface area contributed by atoms with Gasteiger partial charge in [-0.1, -0.05) is 12.1 Å². The second-order valence-corrected chi connectivity index (χ2v) is 6.00. The average Bonchev–Trinajstić information content (AvgIpc) is 3.11. The van der Waals surface area contributed by atoms with Crippen molar-refractivity contribution in [3.05, 3.63) is 59.2 Å². The number of nitrogens with zero attached hydrogens (tertiary/aromatic N) is 1. The molecular weight excluding hydrogens is 341 g/mol. The number of aromatic nitrogens is 1. The molecule has 3 rings (SSSR count). The number of nitrogens with one attached hydrogen (secondary N) is 2. The minimum atomic E-state index is -0.576. The number of methoxy groups -OCH3 is 1. The van der Waals surface area contributed by atoms with Crippen LogP contribution in [-0.4, -0.2) is 25.0 Å². The minimum absolute atomic E-state index is 0.0268. The minimum Gasteiger partial charge on any atom is -0.495 e. The van der Waals surface area contributed by atoms with Crippen LogP contribution in [0.25, 0.3) is 11.3 Å². The van der Waals surface area contributed by atoms with Crippen molar-refractivity contribution in [2.75, 3.05) is 24.8 Å². The van der Waals surface area contributed by atoms with Crippen LogP contribution in [0, 0.1) is 5.82 Å². The fourth-order valence-corrected chi connectivity index (χ4v) is 3.00. The first kappa shape index (κ1) is 16.9. The van der Waals surface area contributed by atoms with Gasteiger partial charge in [0, 0.05) is 18.0 Å². The molecule has 0 spiro atoms. The lowest BCUT2D eigenvalue weighted by molar-refractivity contribution is 0.102. The van der Waals surface area contributed by atoms with Gasteiger partial charge in [-0.05, 0) is 30.3 Å². The van der Waals surface area contributed by atoms with Crippen molar-refractivity contribution in [3.8, 4) is 17.0 Å². The maximum atomic E-state index is 13.8. The molecule has 3 aromatic rings. The van der Waals surface area contributed by atoms with Gasteiger partial charge in [-0.15, -0.1) is 11.3 Å². The predicted molar refractivity (Wildman–Crippen MR) is 98.0 cm³/mol. The number of anilines is 2. The SMILES string of the molecule is CNc1nc(-c2ccc(OC)c(NC(=O)c3ccccc3F)c2)cs1. The molecule has 0 aliphatic heterocycles. The van der Waals surface area contributed by atoms with E-state index in [-0.39, 0.29) is 5.56 Å². The van der Waals surface area contributed by atoms with E-state index < -0.39 is 11.7 Å². The number of hydrogen-bond donors (Lipinski definition) is 2. The lowest BCUT2D eigenvalue weighted by Crippen LogP contribution is -2.14. The highest BCUT2D eigenvalue weighted by molar-refractivity contribution is 7.14. The zero-order chi connectivity index (χ0) is 17.8. The Balaban J connectivity index is 1.93. The molecule has 0 aliphatic carbocycles. The fraction of sp³-hybridized carbons (Fsp3) is 0.111. The smallest absolute Gasteiger partial charge is 0.258 e. The van der Waals surface area contributed by atoms with Crippen LogP contribution in [0.15, 0.2) is 47.8 Å². The number of hydrogen-bond acceptors (Lipinski definition) is 5. The van der Waals surface area contributed by atoms with Crippen LogP contribution in [0.3, 0.4) is 0 Å². The van der Waals surface area contributed by atoms with E-state index in [2.05, 4.69) is 15.6 Å². The zero-order valence-electron chi connectivity index (χ0n) is 13.7. The molecule has 0 aliphatic rings. The Labute approximate surface area is 148 Å². The van der Waals surface area contributed by atoms with E-state index in [0.29, 0.717) is 11.4 Å². The molecule has 0 radical (unpaired) electrons. The van der Waals surface area contributed by atoms with Gasteiger partial charge in [0.05, 0.1) is 24.1 Å². The molecule has 0 unspecified atom stereocenters. The Morgan fingerprint density at radius 1 is 1.24 bits per heavy atom. The molecule has 0 saturated heterocycles. The largest absolute Gasteiger partial charge is 0.495 e. The summed E-state index contributed by atoms with van der Waals surface area (Å²) in [5.41, 5.74) is 2.02. The van der Waals surface area contributed by atoms with Crippen molar-refractivity contribution in [1.82, 2.24) is 4.98 Å². The second kappa shape index (κ2) is 7.31. The third-order valence-corrected chi connectivity index (χ3v) is 4.44. The van der Waals surface area contributed by atoms with Crippen LogP contribution in [-0.2, 0) is 0 Å². The number of thiazole rings is 1. The van der Waals surface area contributed by atoms with E-state index >= 15 is 0 Å². The second-order valence-electron chi connectivity index (χ2n) is 5.14. The van der Waals surface area contributed by atoms with Crippen LogP contribution in [0.2, 0.25) is 0 Å². The van der Waals surface area contributed by atoms with Gasteiger partial charge in [0.15, 0.2) is 5.13 Å². The van der Waals surface area contributed by atoms with Crippen LogP contribution in [0.4, 0.5) is 15.2 Å². The number of carbonyl (C=O) groups excluding carboxylic acids is 1. The lowest BCUT2D eigenvalue weighted by atomic mass is 10.1. The molecule has 128 valence electrons. The van der Waals surface area contributed by atoms with Gasteiger partial charge in [0.2, 0.25) is 0 Å². The van der Waals surface area contributed by atoms with Gasteiger partial charge >= 0.3 is 0 Å². The van der Waals surface area contributed by atoms with Gasteiger partial charge in [0.1, 0.15) is 11.6 Å². The summed E-state index contributed by atoms with van der Waals surface area (Å²) in [5.74, 6) is -0.631. The molecule has 5 nitrogen and oxygen atoms in total. The van der Waals surface area contributed by atoms with E-state index in [1.807, 2.05) is 11.4 Å². The monoisotopic (exact) mass is 357 g/mol. The molecule has 1 aromatic heterocycles. The van der Waals surface area contributed by atoms with E-state index in [0.717, 1.165) is 16.4 Å². The summed E-state index contributed by atoms with van der Waals surface area (Å²) in [6.07, 6.45) is 0. The Morgan fingerprint density at radius 3 is 2.72 bits per heavy atom. The van der Waals surface area contributed by atoms with E-state index in [9.17, 15) is 9.18 Å². The molecule has 7 heteroatoms. The number of ether oxygens (including phenoxy) is 1. The van der Waals surface area contributed by atoms with Gasteiger partial charge in [-0.2, -0.15) is 0 Å². The van der Waals surface area contributed by atoms with Gasteiger partial charge in [-0.3, -0.25) is 4.79 Å². The maximum Gasteiger partial charge on any atom is 0.258 e. The van der Waals surface area contributed by atoms with E-state index in [4.69, 9.17) is 4.74 Å². The first-order valence-corrected chi connectivity index (χ1v) is 8.38. The van der Waals surface area contributed by atoms with Crippen molar-refractivity contribution in [2.24, 2.45) is 0 Å². The van der Waals surface area contributed by atoms with Crippen molar-refractivity contribution in [2.45, 2.75) is 0 Å². The van der Waals surface area contributed by atoms with Crippen molar-refractivity contribution in [3.63, 3.8) is 0 Å². The standard InChI is InChI=1S/C18H16FN3O2S/c1-20-18-22-15(10-25-18)11-7-8-16(24-2)14(9-11)21-17(23)12-5-3-4-6-13(12)19/h3-10H,1-2H3,(H,20,22)(H,21,23). The highest BCUT2D eigenvalue weighted by Gasteiger charge is 2.15. The normalized spacial score (nSPS) is 10.4. The average molecular weight is 357 g/mol. The third kappa shape index (κ3) is 3.61. The number of amides is 1. The summed E-state index contributed by atoms with van der Waals surface area (Å²) < 4.78 is 19.1. The molecule has 2 aromatic carbocycles. The summed E-state index contributed by atoms with van der Waals surface area (Å²) in [6, 6.07) is 11.2. The molecule has 0 saturated carbocycles. The molecule has 0 bridgehead atoms. The summed E-state index contributed by atoms with van der Waals surface area (Å²) in [7, 11) is 3.31. The summed E-state index contributed by atoms with van der Waals surface area (Å²) in [4.78, 5) is 16.8. The Hall–Kier alpha value is -2.93. The van der Waals surface area contributed by atoms with Crippen LogP contribution >= 0.6 is 11.3 Å². The first-order valence-electron chi connectivity index (χ1n) is 7.50. The maximum absolute atomic E-state index is 13.8. The molecule has 1 heterocycles. The highest BCUT2D eigenvalue weighted by atomic mass is 32.1. The molecular formula is C18H16FN3O2S. The summed E-state index contributed by atoms with van der Waals surface area (Å²) in [6.45, 7) is 0. The third-order valence-electron chi connectivity index (χ3n) is 3.58. The van der Waals surface area contributed by atoms with E-state index in [1.165, 1.54) is 36.6 Å². The van der Waals surface area contributed by atoms with Gasteiger partial charge in [0.25, 0.3) is 5.91 Å². The first-order chi connectivity index (χ1) is 12.1. The van der Waals surface area contributed by atoms with Crippen molar-refractivity contribution >= 4 is 28.1 Å². The Morgan fingerprint density at radius 2 is 2.04 bits per heavy atom. The van der Waals surface area contributed by atoms with Crippen molar-refractivity contribution < 1.29 is 13.9 Å². The van der Waals surface area contributed by atoms with Crippen molar-refractivity contribution in [1.29, 1.82) is 0 Å². The Bertz CT molecular complexity index is 911. The topological polar surface area (TPSA) is 63.3 Å². The number of benzene rings is 2. The molecule has 25 heavy (non-hydrogen) atoms. The number of carbonyl (C=O) groups is 1. The molecule has 2 N–H and O–H groups in total.